The SMILES string of the molecule is COCCNCCc1cn(CC(C)C)c2ccccc12. The molecule has 20 heavy (non-hydrogen) atoms. The molecule has 110 valence electrons. The fourth-order valence-corrected chi connectivity index (χ4v) is 2.59. The maximum atomic E-state index is 5.05. The molecule has 1 aromatic carbocycles. The quantitative estimate of drug-likeness (QED) is 0.749. The Bertz CT molecular complexity index is 531. The van der Waals surface area contributed by atoms with E-state index < -0.39 is 0 Å². The van der Waals surface area contributed by atoms with Crippen LogP contribution in [-0.4, -0.2) is 31.4 Å². The van der Waals surface area contributed by atoms with Gasteiger partial charge in [-0.2, -0.15) is 0 Å². The maximum absolute atomic E-state index is 5.05. The summed E-state index contributed by atoms with van der Waals surface area (Å²) in [5.41, 5.74) is 2.79. The fraction of sp³-hybridized carbons (Fsp3) is 0.529. The molecular weight excluding hydrogens is 248 g/mol. The number of rotatable bonds is 8. The van der Waals surface area contributed by atoms with Gasteiger partial charge in [-0.15, -0.1) is 0 Å². The number of methoxy groups -OCH3 is 1. The molecular formula is C17H26N2O. The Balaban J connectivity index is 2.08. The van der Waals surface area contributed by atoms with Gasteiger partial charge in [-0.05, 0) is 30.5 Å². The van der Waals surface area contributed by atoms with Gasteiger partial charge < -0.3 is 14.6 Å². The summed E-state index contributed by atoms with van der Waals surface area (Å²) in [5.74, 6) is 0.665. The minimum absolute atomic E-state index is 0.665. The molecule has 0 saturated carbocycles. The number of benzene rings is 1. The molecule has 0 spiro atoms. The summed E-state index contributed by atoms with van der Waals surface area (Å²) < 4.78 is 7.44. The van der Waals surface area contributed by atoms with Gasteiger partial charge in [0.1, 0.15) is 0 Å². The molecule has 0 unspecified atom stereocenters. The molecule has 1 N–H and O–H groups in total. The number of hydrogen-bond donors (Lipinski definition) is 1. The van der Waals surface area contributed by atoms with E-state index in [1.165, 1.54) is 16.5 Å². The normalized spacial score (nSPS) is 11.6. The average molecular weight is 274 g/mol. The van der Waals surface area contributed by atoms with Gasteiger partial charge >= 0.3 is 0 Å². The molecule has 0 aliphatic carbocycles. The Morgan fingerprint density at radius 3 is 2.75 bits per heavy atom. The Labute approximate surface area is 121 Å². The maximum Gasteiger partial charge on any atom is 0.0587 e. The molecule has 0 atom stereocenters. The predicted octanol–water partition coefficient (Wildman–Crippen LogP) is 3.08. The standard InChI is InChI=1S/C17H26N2O/c1-14(2)12-19-13-15(8-9-18-10-11-20-3)16-6-4-5-7-17(16)19/h4-7,13-14,18H,8-12H2,1-3H3. The lowest BCUT2D eigenvalue weighted by Crippen LogP contribution is -2.21. The lowest BCUT2D eigenvalue weighted by atomic mass is 10.1. The van der Waals surface area contributed by atoms with Crippen LogP contribution >= 0.6 is 0 Å². The molecule has 3 heteroatoms. The van der Waals surface area contributed by atoms with Gasteiger partial charge in [-0.1, -0.05) is 32.0 Å². The Morgan fingerprint density at radius 2 is 2.00 bits per heavy atom. The lowest BCUT2D eigenvalue weighted by molar-refractivity contribution is 0.199. The molecule has 0 aliphatic heterocycles. The molecule has 3 nitrogen and oxygen atoms in total. The molecule has 1 aromatic heterocycles. The number of nitrogens with one attached hydrogen (secondary N) is 1. The van der Waals surface area contributed by atoms with E-state index in [-0.39, 0.29) is 0 Å². The fourth-order valence-electron chi connectivity index (χ4n) is 2.59. The Kier molecular flexibility index (Phi) is 5.62. The summed E-state index contributed by atoms with van der Waals surface area (Å²) in [7, 11) is 1.74. The van der Waals surface area contributed by atoms with Crippen molar-refractivity contribution in [1.82, 2.24) is 9.88 Å². The first-order chi connectivity index (χ1) is 9.72. The zero-order chi connectivity index (χ0) is 14.4. The highest BCUT2D eigenvalue weighted by atomic mass is 16.5. The molecule has 0 aliphatic rings. The van der Waals surface area contributed by atoms with Crippen molar-refractivity contribution in [3.63, 3.8) is 0 Å². The van der Waals surface area contributed by atoms with Crippen molar-refractivity contribution in [2.45, 2.75) is 26.8 Å². The van der Waals surface area contributed by atoms with Gasteiger partial charge in [0, 0.05) is 37.3 Å². The van der Waals surface area contributed by atoms with Crippen LogP contribution in [0.15, 0.2) is 30.5 Å². The van der Waals surface area contributed by atoms with E-state index in [0.717, 1.165) is 32.7 Å². The van der Waals surface area contributed by atoms with E-state index >= 15 is 0 Å². The molecule has 2 rings (SSSR count). The van der Waals surface area contributed by atoms with Gasteiger partial charge in [0.05, 0.1) is 6.61 Å². The van der Waals surface area contributed by atoms with Gasteiger partial charge in [-0.3, -0.25) is 0 Å². The second kappa shape index (κ2) is 7.46. The van der Waals surface area contributed by atoms with Crippen molar-refractivity contribution in [2.24, 2.45) is 5.92 Å². The van der Waals surface area contributed by atoms with Gasteiger partial charge in [0.25, 0.3) is 0 Å². The third-order valence-corrected chi connectivity index (χ3v) is 3.49. The van der Waals surface area contributed by atoms with Gasteiger partial charge in [0.15, 0.2) is 0 Å². The molecule has 1 heterocycles. The summed E-state index contributed by atoms with van der Waals surface area (Å²) in [6, 6.07) is 8.71. The number of para-hydroxylation sites is 1. The number of nitrogens with zero attached hydrogens (tertiary/aromatic N) is 1. The van der Waals surface area contributed by atoms with Crippen LogP contribution in [0.1, 0.15) is 19.4 Å². The van der Waals surface area contributed by atoms with Crippen molar-refractivity contribution < 1.29 is 4.74 Å². The van der Waals surface area contributed by atoms with E-state index in [4.69, 9.17) is 4.74 Å². The van der Waals surface area contributed by atoms with Gasteiger partial charge in [0.2, 0.25) is 0 Å². The highest BCUT2D eigenvalue weighted by molar-refractivity contribution is 5.84. The first-order valence-electron chi connectivity index (χ1n) is 7.48. The molecule has 0 amide bonds. The van der Waals surface area contributed by atoms with Crippen molar-refractivity contribution >= 4 is 10.9 Å². The second-order valence-electron chi connectivity index (χ2n) is 5.71. The predicted molar refractivity (Wildman–Crippen MR) is 85.2 cm³/mol. The van der Waals surface area contributed by atoms with Crippen LogP contribution in [0.2, 0.25) is 0 Å². The highest BCUT2D eigenvalue weighted by Crippen LogP contribution is 2.22. The highest BCUT2D eigenvalue weighted by Gasteiger charge is 2.08. The topological polar surface area (TPSA) is 26.2 Å². The lowest BCUT2D eigenvalue weighted by Gasteiger charge is -2.07. The minimum atomic E-state index is 0.665. The number of fused-ring (bicyclic) bond motifs is 1. The number of hydrogen-bond acceptors (Lipinski definition) is 2. The van der Waals surface area contributed by atoms with Crippen LogP contribution in [-0.2, 0) is 17.7 Å². The summed E-state index contributed by atoms with van der Waals surface area (Å²) in [4.78, 5) is 0. The van der Waals surface area contributed by atoms with Crippen molar-refractivity contribution in [1.29, 1.82) is 0 Å². The number of aromatic nitrogens is 1. The van der Waals surface area contributed by atoms with Crippen LogP contribution in [0.25, 0.3) is 10.9 Å². The smallest absolute Gasteiger partial charge is 0.0587 e. The van der Waals surface area contributed by atoms with E-state index in [1.807, 2.05) is 0 Å². The molecule has 0 fully saturated rings. The zero-order valence-corrected chi connectivity index (χ0v) is 12.9. The summed E-state index contributed by atoms with van der Waals surface area (Å²) in [6.45, 7) is 8.30. The van der Waals surface area contributed by atoms with Crippen LogP contribution in [0.3, 0.4) is 0 Å². The Morgan fingerprint density at radius 1 is 1.20 bits per heavy atom. The van der Waals surface area contributed by atoms with E-state index in [2.05, 4.69) is 54.2 Å². The monoisotopic (exact) mass is 274 g/mol. The Hall–Kier alpha value is -1.32. The summed E-state index contributed by atoms with van der Waals surface area (Å²) in [5, 5.41) is 4.81. The van der Waals surface area contributed by atoms with Crippen molar-refractivity contribution in [2.75, 3.05) is 26.8 Å². The summed E-state index contributed by atoms with van der Waals surface area (Å²) in [6.07, 6.45) is 3.39. The number of ether oxygens (including phenoxy) is 1. The van der Waals surface area contributed by atoms with Crippen LogP contribution < -0.4 is 5.32 Å². The molecule has 0 bridgehead atoms. The average Bonchev–Trinajstić information content (AvgIpc) is 2.77. The zero-order valence-electron chi connectivity index (χ0n) is 12.9. The molecule has 0 radical (unpaired) electrons. The third-order valence-electron chi connectivity index (χ3n) is 3.49. The second-order valence-corrected chi connectivity index (χ2v) is 5.71. The van der Waals surface area contributed by atoms with E-state index in [1.54, 1.807) is 7.11 Å². The summed E-state index contributed by atoms with van der Waals surface area (Å²) >= 11 is 0. The van der Waals surface area contributed by atoms with Crippen LogP contribution in [0, 0.1) is 5.92 Å². The van der Waals surface area contributed by atoms with E-state index in [9.17, 15) is 0 Å². The largest absolute Gasteiger partial charge is 0.383 e. The third kappa shape index (κ3) is 3.84. The molecule has 0 saturated heterocycles. The van der Waals surface area contributed by atoms with E-state index in [0.29, 0.717) is 5.92 Å². The van der Waals surface area contributed by atoms with Crippen molar-refractivity contribution in [3.05, 3.63) is 36.0 Å². The first-order valence-corrected chi connectivity index (χ1v) is 7.48. The minimum Gasteiger partial charge on any atom is -0.383 e. The van der Waals surface area contributed by atoms with Gasteiger partial charge in [-0.25, -0.2) is 0 Å². The van der Waals surface area contributed by atoms with Crippen LogP contribution in [0.5, 0.6) is 0 Å². The van der Waals surface area contributed by atoms with Crippen LogP contribution in [0.4, 0.5) is 0 Å². The molecule has 2 aromatic rings. The first kappa shape index (κ1) is 15.1. The van der Waals surface area contributed by atoms with Crippen molar-refractivity contribution in [3.8, 4) is 0 Å².